The predicted molar refractivity (Wildman–Crippen MR) is 52.3 cm³/mol. The average Bonchev–Trinajstić information content (AvgIpc) is 2.09. The molecule has 2 nitrogen and oxygen atoms in total. The van der Waals surface area contributed by atoms with E-state index in [-0.39, 0.29) is 5.56 Å². The molecule has 0 aliphatic rings. The molecule has 1 aromatic carbocycles. The quantitative estimate of drug-likeness (QED) is 0.826. The molecule has 0 bridgehead atoms. The minimum absolute atomic E-state index is 0.0949. The Balaban J connectivity index is 3.33. The van der Waals surface area contributed by atoms with E-state index < -0.39 is 11.6 Å². The van der Waals surface area contributed by atoms with Crippen molar-refractivity contribution in [2.75, 3.05) is 0 Å². The highest BCUT2D eigenvalue weighted by atomic mass is 35.5. The van der Waals surface area contributed by atoms with E-state index in [9.17, 15) is 9.18 Å². The third-order valence-electron chi connectivity index (χ3n) is 2.18. The molecular formula is C10H10ClFO2. The second-order valence-electron chi connectivity index (χ2n) is 3.22. The zero-order valence-corrected chi connectivity index (χ0v) is 8.60. The molecular weight excluding hydrogens is 207 g/mol. The van der Waals surface area contributed by atoms with Crippen LogP contribution in [0, 0.1) is 6.92 Å². The Morgan fingerprint density at radius 1 is 1.57 bits per heavy atom. The molecule has 0 aliphatic carbocycles. The standard InChI is InChI=1S/C10H10ClFO2/c1-6-7(4-3-5-8(6)11)10(2,12)9(13)14/h3-5H,1-2H3,(H,13,14). The maximum atomic E-state index is 13.7. The van der Waals surface area contributed by atoms with E-state index in [2.05, 4.69) is 0 Å². The second kappa shape index (κ2) is 3.58. The smallest absolute Gasteiger partial charge is 0.345 e. The lowest BCUT2D eigenvalue weighted by Crippen LogP contribution is -2.27. The van der Waals surface area contributed by atoms with Crippen molar-refractivity contribution in [1.82, 2.24) is 0 Å². The normalized spacial score (nSPS) is 14.9. The number of rotatable bonds is 2. The summed E-state index contributed by atoms with van der Waals surface area (Å²) in [5.41, 5.74) is -1.84. The van der Waals surface area contributed by atoms with Gasteiger partial charge < -0.3 is 5.11 Å². The van der Waals surface area contributed by atoms with Crippen LogP contribution in [0.5, 0.6) is 0 Å². The molecule has 0 spiro atoms. The van der Waals surface area contributed by atoms with Crippen molar-refractivity contribution in [3.05, 3.63) is 34.3 Å². The third-order valence-corrected chi connectivity index (χ3v) is 2.58. The molecule has 14 heavy (non-hydrogen) atoms. The van der Waals surface area contributed by atoms with E-state index in [1.807, 2.05) is 0 Å². The number of alkyl halides is 1. The Bertz CT molecular complexity index is 374. The van der Waals surface area contributed by atoms with E-state index in [1.54, 1.807) is 13.0 Å². The van der Waals surface area contributed by atoms with Crippen LogP contribution in [0.2, 0.25) is 5.02 Å². The first-order valence-corrected chi connectivity index (χ1v) is 4.43. The molecule has 0 heterocycles. The molecule has 0 amide bonds. The van der Waals surface area contributed by atoms with Gasteiger partial charge in [0.05, 0.1) is 0 Å². The average molecular weight is 217 g/mol. The summed E-state index contributed by atoms with van der Waals surface area (Å²) in [6, 6.07) is 4.55. The topological polar surface area (TPSA) is 37.3 Å². The molecule has 76 valence electrons. The fourth-order valence-corrected chi connectivity index (χ4v) is 1.41. The Kier molecular flexibility index (Phi) is 2.81. The molecule has 4 heteroatoms. The van der Waals surface area contributed by atoms with Gasteiger partial charge >= 0.3 is 5.97 Å². The van der Waals surface area contributed by atoms with Crippen molar-refractivity contribution in [2.24, 2.45) is 0 Å². The first kappa shape index (κ1) is 11.0. The van der Waals surface area contributed by atoms with Crippen LogP contribution in [0.4, 0.5) is 4.39 Å². The van der Waals surface area contributed by atoms with Crippen molar-refractivity contribution < 1.29 is 14.3 Å². The fourth-order valence-electron chi connectivity index (χ4n) is 1.23. The largest absolute Gasteiger partial charge is 0.479 e. The highest BCUT2D eigenvalue weighted by molar-refractivity contribution is 6.31. The molecule has 0 aromatic heterocycles. The first-order valence-electron chi connectivity index (χ1n) is 4.05. The van der Waals surface area contributed by atoms with Crippen LogP contribution in [0.1, 0.15) is 18.1 Å². The summed E-state index contributed by atoms with van der Waals surface area (Å²) in [5, 5.41) is 9.06. The maximum absolute atomic E-state index is 13.7. The minimum Gasteiger partial charge on any atom is -0.479 e. The van der Waals surface area contributed by atoms with Crippen molar-refractivity contribution in [3.63, 3.8) is 0 Å². The summed E-state index contributed by atoms with van der Waals surface area (Å²) in [7, 11) is 0. The molecule has 0 radical (unpaired) electrons. The van der Waals surface area contributed by atoms with Gasteiger partial charge in [-0.3, -0.25) is 0 Å². The number of aliphatic carboxylic acids is 1. The monoisotopic (exact) mass is 216 g/mol. The minimum atomic E-state index is -2.39. The molecule has 1 atom stereocenters. The molecule has 0 saturated heterocycles. The first-order chi connectivity index (χ1) is 6.37. The van der Waals surface area contributed by atoms with Crippen molar-refractivity contribution in [2.45, 2.75) is 19.5 Å². The molecule has 1 aromatic rings. The number of halogens is 2. The van der Waals surface area contributed by atoms with Gasteiger partial charge in [-0.1, -0.05) is 23.7 Å². The molecule has 1 unspecified atom stereocenters. The van der Waals surface area contributed by atoms with E-state index >= 15 is 0 Å². The van der Waals surface area contributed by atoms with Gasteiger partial charge in [0.25, 0.3) is 0 Å². The van der Waals surface area contributed by atoms with Crippen LogP contribution in [0.3, 0.4) is 0 Å². The highest BCUT2D eigenvalue weighted by Gasteiger charge is 2.36. The zero-order valence-electron chi connectivity index (χ0n) is 7.84. The predicted octanol–water partition coefficient (Wildman–Crippen LogP) is 2.92. The lowest BCUT2D eigenvalue weighted by atomic mass is 9.94. The lowest BCUT2D eigenvalue weighted by Gasteiger charge is -2.18. The summed E-state index contributed by atoms with van der Waals surface area (Å²) >= 11 is 5.76. The highest BCUT2D eigenvalue weighted by Crippen LogP contribution is 2.31. The SMILES string of the molecule is Cc1c(Cl)cccc1C(C)(F)C(=O)O. The fraction of sp³-hybridized carbons (Fsp3) is 0.300. The van der Waals surface area contributed by atoms with Gasteiger partial charge in [-0.15, -0.1) is 0 Å². The number of carbonyl (C=O) groups is 1. The molecule has 0 aliphatic heterocycles. The van der Waals surface area contributed by atoms with Gasteiger partial charge in [-0.05, 0) is 25.5 Å². The van der Waals surface area contributed by atoms with Crippen molar-refractivity contribution in [1.29, 1.82) is 0 Å². The number of carboxylic acids is 1. The van der Waals surface area contributed by atoms with Gasteiger partial charge in [-0.25, -0.2) is 9.18 Å². The van der Waals surface area contributed by atoms with Crippen LogP contribution in [0.25, 0.3) is 0 Å². The molecule has 1 N–H and O–H groups in total. The van der Waals surface area contributed by atoms with Crippen molar-refractivity contribution >= 4 is 17.6 Å². The Hall–Kier alpha value is -1.09. The Labute approximate surface area is 86.3 Å². The van der Waals surface area contributed by atoms with Crippen LogP contribution < -0.4 is 0 Å². The van der Waals surface area contributed by atoms with E-state index in [0.29, 0.717) is 10.6 Å². The van der Waals surface area contributed by atoms with E-state index in [4.69, 9.17) is 16.7 Å². The van der Waals surface area contributed by atoms with Gasteiger partial charge in [0.15, 0.2) is 0 Å². The zero-order chi connectivity index (χ0) is 10.9. The Morgan fingerprint density at radius 3 is 2.64 bits per heavy atom. The van der Waals surface area contributed by atoms with E-state index in [0.717, 1.165) is 6.92 Å². The molecule has 0 saturated carbocycles. The summed E-state index contributed by atoms with van der Waals surface area (Å²) in [6.07, 6.45) is 0. The van der Waals surface area contributed by atoms with Gasteiger partial charge in [-0.2, -0.15) is 0 Å². The van der Waals surface area contributed by atoms with Gasteiger partial charge in [0, 0.05) is 10.6 Å². The summed E-state index contributed by atoms with van der Waals surface area (Å²) in [4.78, 5) is 10.7. The van der Waals surface area contributed by atoms with Crippen LogP contribution >= 0.6 is 11.6 Å². The molecule has 0 fully saturated rings. The number of hydrogen-bond acceptors (Lipinski definition) is 1. The number of hydrogen-bond donors (Lipinski definition) is 1. The summed E-state index contributed by atoms with van der Waals surface area (Å²) < 4.78 is 13.7. The number of carboxylic acid groups (broad SMARTS) is 1. The van der Waals surface area contributed by atoms with Crippen LogP contribution in [0.15, 0.2) is 18.2 Å². The second-order valence-corrected chi connectivity index (χ2v) is 3.63. The van der Waals surface area contributed by atoms with Crippen LogP contribution in [-0.4, -0.2) is 11.1 Å². The van der Waals surface area contributed by atoms with Gasteiger partial charge in [0.1, 0.15) is 0 Å². The van der Waals surface area contributed by atoms with Crippen molar-refractivity contribution in [3.8, 4) is 0 Å². The Morgan fingerprint density at radius 2 is 2.14 bits per heavy atom. The number of benzene rings is 1. The van der Waals surface area contributed by atoms with E-state index in [1.165, 1.54) is 12.1 Å². The lowest BCUT2D eigenvalue weighted by molar-refractivity contribution is -0.150. The third kappa shape index (κ3) is 1.73. The molecule has 1 rings (SSSR count). The summed E-state index contributed by atoms with van der Waals surface area (Å²) in [6.45, 7) is 2.60. The summed E-state index contributed by atoms with van der Waals surface area (Å²) in [5.74, 6) is -1.51. The van der Waals surface area contributed by atoms with Crippen LogP contribution in [-0.2, 0) is 10.5 Å². The van der Waals surface area contributed by atoms with Gasteiger partial charge in [0.2, 0.25) is 5.67 Å². The maximum Gasteiger partial charge on any atom is 0.345 e.